The first-order valence-electron chi connectivity index (χ1n) is 9.16. The maximum absolute atomic E-state index is 11.7. The minimum atomic E-state index is -0.511. The van der Waals surface area contributed by atoms with Gasteiger partial charge in [-0.05, 0) is 24.3 Å². The monoisotopic (exact) mass is 412 g/mol. The van der Waals surface area contributed by atoms with Crippen LogP contribution in [0.1, 0.15) is 21.7 Å². The number of hydrogen-bond donors (Lipinski definition) is 1. The molecule has 4 aromatic rings. The fourth-order valence-corrected chi connectivity index (χ4v) is 2.98. The summed E-state index contributed by atoms with van der Waals surface area (Å²) in [6, 6.07) is 16.0. The molecule has 2 N–H and O–H groups in total. The molecule has 3 aromatic heterocycles. The van der Waals surface area contributed by atoms with Crippen molar-refractivity contribution in [2.75, 3.05) is 12.8 Å². The van der Waals surface area contributed by atoms with Crippen LogP contribution in [-0.4, -0.2) is 43.0 Å². The summed E-state index contributed by atoms with van der Waals surface area (Å²) in [7, 11) is 1.30. The Bertz CT molecular complexity index is 1310. The number of anilines is 1. The van der Waals surface area contributed by atoms with Gasteiger partial charge < -0.3 is 10.5 Å². The van der Waals surface area contributed by atoms with E-state index in [-0.39, 0.29) is 11.6 Å². The van der Waals surface area contributed by atoms with E-state index in [0.717, 1.165) is 0 Å². The number of rotatable bonds is 5. The van der Waals surface area contributed by atoms with Gasteiger partial charge in [0.2, 0.25) is 5.95 Å². The Balaban J connectivity index is 1.63. The van der Waals surface area contributed by atoms with Crippen molar-refractivity contribution in [3.63, 3.8) is 0 Å². The molecule has 0 aliphatic rings. The quantitative estimate of drug-likeness (QED) is 0.487. The number of esters is 1. The van der Waals surface area contributed by atoms with Crippen LogP contribution >= 0.6 is 0 Å². The van der Waals surface area contributed by atoms with Gasteiger partial charge in [0.25, 0.3) is 0 Å². The molecule has 0 aliphatic heterocycles. The molecule has 10 nitrogen and oxygen atoms in total. The van der Waals surface area contributed by atoms with Crippen LogP contribution < -0.4 is 5.73 Å². The number of hydrogen-bond acceptors (Lipinski definition) is 9. The van der Waals surface area contributed by atoms with Crippen LogP contribution in [0.5, 0.6) is 0 Å². The summed E-state index contributed by atoms with van der Waals surface area (Å²) in [5.74, 6) is -0.454. The second-order valence-electron chi connectivity index (χ2n) is 6.46. The third-order valence-electron chi connectivity index (χ3n) is 4.39. The average Bonchev–Trinajstić information content (AvgIpc) is 3.26. The summed E-state index contributed by atoms with van der Waals surface area (Å²) in [5.41, 5.74) is 9.32. The van der Waals surface area contributed by atoms with Crippen molar-refractivity contribution >= 4 is 11.9 Å². The largest absolute Gasteiger partial charge is 0.464 e. The maximum atomic E-state index is 11.7. The maximum Gasteiger partial charge on any atom is 0.356 e. The molecule has 1 aromatic carbocycles. The smallest absolute Gasteiger partial charge is 0.356 e. The van der Waals surface area contributed by atoms with Gasteiger partial charge in [-0.1, -0.05) is 29.5 Å². The zero-order valence-corrected chi connectivity index (χ0v) is 16.4. The number of nitriles is 1. The molecule has 4 rings (SSSR count). The number of carbonyl (C=O) groups is 1. The number of ether oxygens (including phenoxy) is 1. The molecule has 0 bridgehead atoms. The van der Waals surface area contributed by atoms with Gasteiger partial charge in [-0.2, -0.15) is 5.26 Å². The van der Waals surface area contributed by atoms with Crippen molar-refractivity contribution in [3.8, 4) is 28.7 Å². The van der Waals surface area contributed by atoms with Crippen LogP contribution in [0.15, 0.2) is 54.7 Å². The molecule has 0 spiro atoms. The molecule has 0 aliphatic carbocycles. The molecule has 0 amide bonds. The summed E-state index contributed by atoms with van der Waals surface area (Å²) >= 11 is 0. The van der Waals surface area contributed by atoms with E-state index < -0.39 is 5.97 Å². The number of aromatic nitrogens is 6. The van der Waals surface area contributed by atoms with Gasteiger partial charge in [0.1, 0.15) is 11.4 Å². The summed E-state index contributed by atoms with van der Waals surface area (Å²) in [4.78, 5) is 24.4. The minimum Gasteiger partial charge on any atom is -0.464 e. The predicted octanol–water partition coefficient (Wildman–Crippen LogP) is 2.09. The van der Waals surface area contributed by atoms with E-state index in [1.54, 1.807) is 53.3 Å². The fraction of sp³-hybridized carbons (Fsp3) is 0.0952. The lowest BCUT2D eigenvalue weighted by Gasteiger charge is -2.06. The number of carbonyl (C=O) groups excluding carboxylic acids is 1. The van der Waals surface area contributed by atoms with Crippen molar-refractivity contribution in [2.24, 2.45) is 0 Å². The van der Waals surface area contributed by atoms with Crippen LogP contribution in [0.25, 0.3) is 22.6 Å². The van der Waals surface area contributed by atoms with Gasteiger partial charge in [0, 0.05) is 5.56 Å². The number of nitrogen functional groups attached to an aromatic ring is 1. The summed E-state index contributed by atoms with van der Waals surface area (Å²) in [5, 5.41) is 17.6. The van der Waals surface area contributed by atoms with E-state index in [1.165, 1.54) is 7.11 Å². The Hall–Kier alpha value is -4.65. The summed E-state index contributed by atoms with van der Waals surface area (Å²) < 4.78 is 6.27. The van der Waals surface area contributed by atoms with E-state index in [1.807, 2.05) is 6.07 Å². The predicted molar refractivity (Wildman–Crippen MR) is 110 cm³/mol. The van der Waals surface area contributed by atoms with Gasteiger partial charge >= 0.3 is 5.97 Å². The van der Waals surface area contributed by atoms with Crippen LogP contribution in [0.2, 0.25) is 0 Å². The van der Waals surface area contributed by atoms with E-state index >= 15 is 0 Å². The number of nitrogens with two attached hydrogens (primary N) is 1. The molecule has 0 atom stereocenters. The molecule has 0 radical (unpaired) electrons. The molecular formula is C21H16N8O2. The highest BCUT2D eigenvalue weighted by Gasteiger charge is 2.13. The van der Waals surface area contributed by atoms with Crippen LogP contribution in [0, 0.1) is 11.3 Å². The highest BCUT2D eigenvalue weighted by Crippen LogP contribution is 2.25. The van der Waals surface area contributed by atoms with Crippen molar-refractivity contribution < 1.29 is 9.53 Å². The SMILES string of the molecule is COC(=O)c1cccc(Cn2cc(-c3cc(-c4ccccc4C#N)nc(N)n3)nn2)n1. The van der Waals surface area contributed by atoms with Crippen LogP contribution in [0.4, 0.5) is 5.95 Å². The van der Waals surface area contributed by atoms with Gasteiger partial charge in [-0.3, -0.25) is 0 Å². The van der Waals surface area contributed by atoms with E-state index in [2.05, 4.69) is 31.3 Å². The standard InChI is InChI=1S/C21H16N8O2/c1-31-20(30)16-8-4-6-14(24-16)11-29-12-19(27-28-29)18-9-17(25-21(23)26-18)15-7-3-2-5-13(15)10-22/h2-9,12H,11H2,1H3,(H2,23,25,26). The van der Waals surface area contributed by atoms with Crippen molar-refractivity contribution in [3.05, 3.63) is 71.7 Å². The number of methoxy groups -OCH3 is 1. The van der Waals surface area contributed by atoms with Gasteiger partial charge in [0.15, 0.2) is 0 Å². The highest BCUT2D eigenvalue weighted by atomic mass is 16.5. The van der Waals surface area contributed by atoms with Crippen molar-refractivity contribution in [1.29, 1.82) is 5.26 Å². The normalized spacial score (nSPS) is 10.5. The molecule has 10 heteroatoms. The first-order valence-corrected chi connectivity index (χ1v) is 9.16. The Morgan fingerprint density at radius 3 is 2.71 bits per heavy atom. The lowest BCUT2D eigenvalue weighted by Crippen LogP contribution is -2.08. The zero-order chi connectivity index (χ0) is 21.8. The van der Waals surface area contributed by atoms with Crippen molar-refractivity contribution in [1.82, 2.24) is 29.9 Å². The third-order valence-corrected chi connectivity index (χ3v) is 4.39. The van der Waals surface area contributed by atoms with Crippen LogP contribution in [0.3, 0.4) is 0 Å². The molecule has 3 heterocycles. The molecule has 0 saturated heterocycles. The lowest BCUT2D eigenvalue weighted by molar-refractivity contribution is 0.0593. The Morgan fingerprint density at radius 2 is 1.90 bits per heavy atom. The third kappa shape index (κ3) is 4.20. The first kappa shape index (κ1) is 19.7. The number of pyridine rings is 1. The average molecular weight is 412 g/mol. The fourth-order valence-electron chi connectivity index (χ4n) is 2.98. The second kappa shape index (κ2) is 8.38. The van der Waals surface area contributed by atoms with Gasteiger partial charge in [-0.25, -0.2) is 24.4 Å². The number of benzene rings is 1. The zero-order valence-electron chi connectivity index (χ0n) is 16.4. The van der Waals surface area contributed by atoms with E-state index in [0.29, 0.717) is 40.4 Å². The summed E-state index contributed by atoms with van der Waals surface area (Å²) in [6.45, 7) is 0.294. The molecule has 0 fully saturated rings. The Labute approximate surface area is 177 Å². The topological polar surface area (TPSA) is 145 Å². The minimum absolute atomic E-state index is 0.0576. The molecule has 31 heavy (non-hydrogen) atoms. The highest BCUT2D eigenvalue weighted by molar-refractivity contribution is 5.87. The molecule has 0 unspecified atom stereocenters. The van der Waals surface area contributed by atoms with Gasteiger partial charge in [-0.15, -0.1) is 5.10 Å². The Kier molecular flexibility index (Phi) is 5.31. The van der Waals surface area contributed by atoms with Crippen LogP contribution in [-0.2, 0) is 11.3 Å². The lowest BCUT2D eigenvalue weighted by atomic mass is 10.0. The molecular weight excluding hydrogens is 396 g/mol. The van der Waals surface area contributed by atoms with Crippen molar-refractivity contribution in [2.45, 2.75) is 6.54 Å². The number of nitrogens with zero attached hydrogens (tertiary/aromatic N) is 7. The molecule has 152 valence electrons. The second-order valence-corrected chi connectivity index (χ2v) is 6.46. The Morgan fingerprint density at radius 1 is 1.10 bits per heavy atom. The molecule has 0 saturated carbocycles. The van der Waals surface area contributed by atoms with Gasteiger partial charge in [0.05, 0.1) is 48.6 Å². The summed E-state index contributed by atoms with van der Waals surface area (Å²) in [6.07, 6.45) is 1.69. The van der Waals surface area contributed by atoms with E-state index in [9.17, 15) is 10.1 Å². The first-order chi connectivity index (χ1) is 15.1. The van der Waals surface area contributed by atoms with E-state index in [4.69, 9.17) is 10.5 Å².